The Balaban J connectivity index is 2.70. The number of ether oxygens (including phenoxy) is 1. The first-order valence-corrected chi connectivity index (χ1v) is 5.46. The van der Waals surface area contributed by atoms with Gasteiger partial charge in [0.15, 0.2) is 0 Å². The summed E-state index contributed by atoms with van der Waals surface area (Å²) >= 11 is 0. The average Bonchev–Trinajstić information content (AvgIpc) is 2.27. The maximum absolute atomic E-state index is 11.9. The van der Waals surface area contributed by atoms with Gasteiger partial charge in [-0.05, 0) is 25.3 Å². The maximum atomic E-state index is 11.9. The molecule has 2 N–H and O–H groups in total. The Morgan fingerprint density at radius 3 is 2.80 bits per heavy atom. The SMILES string of the molecule is CCCOC(=O)C1(CC)C=CC(N)=CC1. The van der Waals surface area contributed by atoms with Crippen LogP contribution in [0.1, 0.15) is 33.1 Å². The van der Waals surface area contributed by atoms with E-state index in [4.69, 9.17) is 10.5 Å². The molecule has 0 spiro atoms. The Morgan fingerprint density at radius 2 is 2.33 bits per heavy atom. The maximum Gasteiger partial charge on any atom is 0.316 e. The second-order valence-electron chi connectivity index (χ2n) is 3.89. The summed E-state index contributed by atoms with van der Waals surface area (Å²) < 4.78 is 5.20. The molecule has 0 radical (unpaired) electrons. The van der Waals surface area contributed by atoms with Crippen molar-refractivity contribution in [3.63, 3.8) is 0 Å². The van der Waals surface area contributed by atoms with Crippen molar-refractivity contribution >= 4 is 5.97 Å². The van der Waals surface area contributed by atoms with E-state index in [1.54, 1.807) is 6.08 Å². The van der Waals surface area contributed by atoms with Crippen LogP contribution in [0.3, 0.4) is 0 Å². The highest BCUT2D eigenvalue weighted by molar-refractivity contribution is 5.80. The van der Waals surface area contributed by atoms with Gasteiger partial charge in [-0.15, -0.1) is 0 Å². The molecule has 3 nitrogen and oxygen atoms in total. The molecule has 1 unspecified atom stereocenters. The van der Waals surface area contributed by atoms with Crippen LogP contribution in [-0.4, -0.2) is 12.6 Å². The molecule has 0 bridgehead atoms. The third-order valence-corrected chi connectivity index (χ3v) is 2.77. The fourth-order valence-electron chi connectivity index (χ4n) is 1.59. The smallest absolute Gasteiger partial charge is 0.316 e. The first kappa shape index (κ1) is 11.8. The molecule has 84 valence electrons. The fourth-order valence-corrected chi connectivity index (χ4v) is 1.59. The number of hydrogen-bond donors (Lipinski definition) is 1. The van der Waals surface area contributed by atoms with Crippen LogP contribution in [0.25, 0.3) is 0 Å². The van der Waals surface area contributed by atoms with Crippen LogP contribution < -0.4 is 5.73 Å². The largest absolute Gasteiger partial charge is 0.465 e. The summed E-state index contributed by atoms with van der Waals surface area (Å²) in [6.45, 7) is 4.47. The van der Waals surface area contributed by atoms with Crippen LogP contribution in [0.2, 0.25) is 0 Å². The summed E-state index contributed by atoms with van der Waals surface area (Å²) in [5.74, 6) is -0.133. The lowest BCUT2D eigenvalue weighted by Gasteiger charge is -2.28. The predicted octanol–water partition coefficient (Wildman–Crippen LogP) is 2.14. The van der Waals surface area contributed by atoms with Crippen molar-refractivity contribution in [1.82, 2.24) is 0 Å². The van der Waals surface area contributed by atoms with Crippen molar-refractivity contribution in [2.45, 2.75) is 33.1 Å². The van der Waals surface area contributed by atoms with E-state index >= 15 is 0 Å². The summed E-state index contributed by atoms with van der Waals surface area (Å²) in [6.07, 6.45) is 7.80. The second kappa shape index (κ2) is 5.01. The third kappa shape index (κ3) is 2.61. The standard InChI is InChI=1S/C12H19NO2/c1-3-9-15-11(14)12(4-2)7-5-10(13)6-8-12/h5-7H,3-4,8-9,13H2,1-2H3. The van der Waals surface area contributed by atoms with Gasteiger partial charge in [-0.2, -0.15) is 0 Å². The molecule has 1 aliphatic carbocycles. The van der Waals surface area contributed by atoms with Gasteiger partial charge in [-0.25, -0.2) is 0 Å². The van der Waals surface area contributed by atoms with Crippen molar-refractivity contribution in [2.75, 3.05) is 6.61 Å². The van der Waals surface area contributed by atoms with E-state index < -0.39 is 5.41 Å². The van der Waals surface area contributed by atoms with Crippen molar-refractivity contribution in [3.8, 4) is 0 Å². The summed E-state index contributed by atoms with van der Waals surface area (Å²) in [5.41, 5.74) is 5.87. The van der Waals surface area contributed by atoms with Gasteiger partial charge in [0.2, 0.25) is 0 Å². The van der Waals surface area contributed by atoms with E-state index in [0.717, 1.165) is 18.5 Å². The molecule has 0 fully saturated rings. The van der Waals surface area contributed by atoms with Crippen LogP contribution in [-0.2, 0) is 9.53 Å². The van der Waals surface area contributed by atoms with Crippen molar-refractivity contribution < 1.29 is 9.53 Å². The molecule has 1 atom stereocenters. The lowest BCUT2D eigenvalue weighted by Crippen LogP contribution is -2.32. The number of esters is 1. The topological polar surface area (TPSA) is 52.3 Å². The van der Waals surface area contributed by atoms with Gasteiger partial charge in [0.05, 0.1) is 12.0 Å². The van der Waals surface area contributed by atoms with Crippen LogP contribution in [0.4, 0.5) is 0 Å². The molecule has 0 saturated heterocycles. The Labute approximate surface area is 91.0 Å². The Bertz CT molecular complexity index is 294. The van der Waals surface area contributed by atoms with Gasteiger partial charge >= 0.3 is 5.97 Å². The summed E-state index contributed by atoms with van der Waals surface area (Å²) in [4.78, 5) is 11.9. The zero-order valence-electron chi connectivity index (χ0n) is 9.45. The van der Waals surface area contributed by atoms with E-state index in [1.807, 2.05) is 26.0 Å². The quantitative estimate of drug-likeness (QED) is 0.722. The Morgan fingerprint density at radius 1 is 1.60 bits per heavy atom. The van der Waals surface area contributed by atoms with Crippen molar-refractivity contribution in [3.05, 3.63) is 23.9 Å². The first-order chi connectivity index (χ1) is 7.14. The normalized spacial score (nSPS) is 24.8. The van der Waals surface area contributed by atoms with E-state index in [2.05, 4.69) is 0 Å². The molecule has 0 aromatic heterocycles. The van der Waals surface area contributed by atoms with Crippen molar-refractivity contribution in [2.24, 2.45) is 11.1 Å². The number of hydrogen-bond acceptors (Lipinski definition) is 3. The number of rotatable bonds is 4. The summed E-state index contributed by atoms with van der Waals surface area (Å²) in [6, 6.07) is 0. The average molecular weight is 209 g/mol. The van der Waals surface area contributed by atoms with E-state index in [9.17, 15) is 4.79 Å². The molecule has 0 saturated carbocycles. The highest BCUT2D eigenvalue weighted by Gasteiger charge is 2.35. The van der Waals surface area contributed by atoms with E-state index in [0.29, 0.717) is 13.0 Å². The second-order valence-corrected chi connectivity index (χ2v) is 3.89. The molecular weight excluding hydrogens is 190 g/mol. The van der Waals surface area contributed by atoms with Gasteiger partial charge in [-0.1, -0.05) is 26.0 Å². The van der Waals surface area contributed by atoms with Gasteiger partial charge in [0.1, 0.15) is 0 Å². The molecule has 0 aliphatic heterocycles. The van der Waals surface area contributed by atoms with Gasteiger partial charge in [-0.3, -0.25) is 4.79 Å². The zero-order chi connectivity index (χ0) is 11.3. The molecule has 0 amide bonds. The molecule has 0 heterocycles. The van der Waals surface area contributed by atoms with Crippen LogP contribution in [0.5, 0.6) is 0 Å². The highest BCUT2D eigenvalue weighted by Crippen LogP contribution is 2.33. The Kier molecular flexibility index (Phi) is 3.95. The molecule has 3 heteroatoms. The minimum Gasteiger partial charge on any atom is -0.465 e. The minimum absolute atomic E-state index is 0.133. The molecule has 1 aliphatic rings. The lowest BCUT2D eigenvalue weighted by atomic mass is 9.79. The summed E-state index contributed by atoms with van der Waals surface area (Å²) in [5, 5.41) is 0. The third-order valence-electron chi connectivity index (χ3n) is 2.77. The van der Waals surface area contributed by atoms with E-state index in [-0.39, 0.29) is 5.97 Å². The van der Waals surface area contributed by atoms with E-state index in [1.165, 1.54) is 0 Å². The Hall–Kier alpha value is -1.25. The van der Waals surface area contributed by atoms with Gasteiger partial charge in [0.25, 0.3) is 0 Å². The van der Waals surface area contributed by atoms with Crippen LogP contribution in [0, 0.1) is 5.41 Å². The van der Waals surface area contributed by atoms with Crippen LogP contribution >= 0.6 is 0 Å². The molecule has 0 aromatic rings. The zero-order valence-corrected chi connectivity index (χ0v) is 9.45. The predicted molar refractivity (Wildman–Crippen MR) is 60.0 cm³/mol. The number of allylic oxidation sites excluding steroid dienone is 2. The van der Waals surface area contributed by atoms with Crippen LogP contribution in [0.15, 0.2) is 23.9 Å². The number of nitrogens with two attached hydrogens (primary N) is 1. The molecular formula is C12H19NO2. The molecule has 1 rings (SSSR count). The lowest BCUT2D eigenvalue weighted by molar-refractivity contribution is -0.153. The number of carbonyl (C=O) groups excluding carboxylic acids is 1. The molecule has 0 aromatic carbocycles. The number of carbonyl (C=O) groups is 1. The van der Waals surface area contributed by atoms with Gasteiger partial charge < -0.3 is 10.5 Å². The minimum atomic E-state index is -0.488. The molecule has 15 heavy (non-hydrogen) atoms. The monoisotopic (exact) mass is 209 g/mol. The van der Waals surface area contributed by atoms with Crippen molar-refractivity contribution in [1.29, 1.82) is 0 Å². The fraction of sp³-hybridized carbons (Fsp3) is 0.583. The summed E-state index contributed by atoms with van der Waals surface area (Å²) in [7, 11) is 0. The first-order valence-electron chi connectivity index (χ1n) is 5.46. The highest BCUT2D eigenvalue weighted by atomic mass is 16.5. The van der Waals surface area contributed by atoms with Gasteiger partial charge in [0, 0.05) is 5.70 Å².